The molecule has 1 heterocycles. The number of nitrogens with zero attached hydrogens (tertiary/aromatic N) is 2. The molecule has 0 aliphatic rings. The van der Waals surface area contributed by atoms with Gasteiger partial charge >= 0.3 is 0 Å². The molecule has 0 unspecified atom stereocenters. The van der Waals surface area contributed by atoms with E-state index < -0.39 is 0 Å². The van der Waals surface area contributed by atoms with E-state index in [0.29, 0.717) is 21.7 Å². The Bertz CT molecular complexity index is 610. The minimum Gasteiger partial charge on any atom is -0.491 e. The van der Waals surface area contributed by atoms with E-state index in [0.717, 1.165) is 0 Å². The molecule has 1 aromatic heterocycles. The fraction of sp³-hybridized carbons (Fsp3) is 0.154. The van der Waals surface area contributed by atoms with E-state index in [1.54, 1.807) is 36.7 Å². The Morgan fingerprint density at radius 1 is 1.19 bits per heavy atom. The number of anilines is 1. The molecule has 1 amide bonds. The smallest absolute Gasteiger partial charge is 0.241 e. The van der Waals surface area contributed by atoms with Crippen molar-refractivity contribution < 1.29 is 9.53 Å². The number of ether oxygens (including phenoxy) is 1. The largest absolute Gasteiger partial charge is 0.491 e. The highest BCUT2D eigenvalue weighted by atomic mass is 35.5. The zero-order chi connectivity index (χ0) is 15.1. The van der Waals surface area contributed by atoms with Crippen molar-refractivity contribution in [1.82, 2.24) is 15.4 Å². The van der Waals surface area contributed by atoms with Gasteiger partial charge in [-0.05, 0) is 18.2 Å². The summed E-state index contributed by atoms with van der Waals surface area (Å²) >= 11 is 11.8. The lowest BCUT2D eigenvalue weighted by atomic mass is 10.3. The van der Waals surface area contributed by atoms with Crippen LogP contribution < -0.4 is 15.6 Å². The van der Waals surface area contributed by atoms with Crippen LogP contribution in [0.2, 0.25) is 10.0 Å². The van der Waals surface area contributed by atoms with Crippen molar-refractivity contribution in [2.75, 3.05) is 12.0 Å². The van der Waals surface area contributed by atoms with Gasteiger partial charge in [0.1, 0.15) is 10.8 Å². The number of benzene rings is 1. The Balaban J connectivity index is 1.73. The predicted octanol–water partition coefficient (Wildman–Crippen LogP) is 2.70. The van der Waals surface area contributed by atoms with Crippen LogP contribution in [0.3, 0.4) is 0 Å². The van der Waals surface area contributed by atoms with Crippen LogP contribution in [0, 0.1) is 0 Å². The van der Waals surface area contributed by atoms with Crippen molar-refractivity contribution in [2.24, 2.45) is 0 Å². The van der Waals surface area contributed by atoms with Gasteiger partial charge in [-0.2, -0.15) is 0 Å². The molecule has 0 saturated heterocycles. The van der Waals surface area contributed by atoms with Gasteiger partial charge in [0.15, 0.2) is 0 Å². The Labute approximate surface area is 131 Å². The molecule has 6 nitrogen and oxygen atoms in total. The maximum atomic E-state index is 11.6. The second kappa shape index (κ2) is 7.66. The SMILES string of the molecule is O=C(CCOc1cccc(Cl)c1Cl)NNc1ncccn1. The van der Waals surface area contributed by atoms with Gasteiger partial charge in [0.2, 0.25) is 11.9 Å². The number of carbonyl (C=O) groups excluding carboxylic acids is 1. The Morgan fingerprint density at radius 2 is 1.95 bits per heavy atom. The lowest BCUT2D eigenvalue weighted by Crippen LogP contribution is -2.31. The van der Waals surface area contributed by atoms with E-state index in [1.165, 1.54) is 0 Å². The highest BCUT2D eigenvalue weighted by Crippen LogP contribution is 2.31. The number of nitrogens with one attached hydrogen (secondary N) is 2. The third-order valence-electron chi connectivity index (χ3n) is 2.38. The van der Waals surface area contributed by atoms with Crippen molar-refractivity contribution in [1.29, 1.82) is 0 Å². The van der Waals surface area contributed by atoms with Gasteiger partial charge in [-0.15, -0.1) is 0 Å². The fourth-order valence-electron chi connectivity index (χ4n) is 1.40. The van der Waals surface area contributed by atoms with Gasteiger partial charge in [0.25, 0.3) is 0 Å². The summed E-state index contributed by atoms with van der Waals surface area (Å²) in [6.07, 6.45) is 3.26. The first-order valence-corrected chi connectivity index (χ1v) is 6.81. The van der Waals surface area contributed by atoms with E-state index in [4.69, 9.17) is 27.9 Å². The number of amides is 1. The molecule has 0 fully saturated rings. The third-order valence-corrected chi connectivity index (χ3v) is 3.18. The summed E-state index contributed by atoms with van der Waals surface area (Å²) in [7, 11) is 0. The molecule has 0 radical (unpaired) electrons. The molecular weight excluding hydrogens is 315 g/mol. The monoisotopic (exact) mass is 326 g/mol. The molecule has 110 valence electrons. The molecule has 0 bridgehead atoms. The van der Waals surface area contributed by atoms with Crippen LogP contribution >= 0.6 is 23.2 Å². The average molecular weight is 327 g/mol. The number of rotatable bonds is 6. The molecule has 2 aromatic rings. The highest BCUT2D eigenvalue weighted by Gasteiger charge is 2.07. The van der Waals surface area contributed by atoms with Crippen molar-refractivity contribution in [2.45, 2.75) is 6.42 Å². The summed E-state index contributed by atoms with van der Waals surface area (Å²) in [6, 6.07) is 6.74. The van der Waals surface area contributed by atoms with E-state index >= 15 is 0 Å². The number of hydrogen-bond acceptors (Lipinski definition) is 5. The minimum absolute atomic E-state index is 0.142. The second-order valence-electron chi connectivity index (χ2n) is 3.90. The molecule has 0 aliphatic carbocycles. The standard InChI is InChI=1S/C13H12Cl2N4O2/c14-9-3-1-4-10(12(9)15)21-8-5-11(20)18-19-13-16-6-2-7-17-13/h1-4,6-7H,5,8H2,(H,18,20)(H,16,17,19). The molecule has 0 atom stereocenters. The first kappa shape index (κ1) is 15.3. The van der Waals surface area contributed by atoms with E-state index in [2.05, 4.69) is 20.8 Å². The van der Waals surface area contributed by atoms with Crippen LogP contribution in [0.25, 0.3) is 0 Å². The van der Waals surface area contributed by atoms with Crippen LogP contribution in [0.4, 0.5) is 5.95 Å². The van der Waals surface area contributed by atoms with Gasteiger partial charge < -0.3 is 4.74 Å². The first-order valence-electron chi connectivity index (χ1n) is 6.05. The lowest BCUT2D eigenvalue weighted by Gasteiger charge is -2.09. The van der Waals surface area contributed by atoms with Crippen LogP contribution in [0.5, 0.6) is 5.75 Å². The van der Waals surface area contributed by atoms with Crippen LogP contribution in [0.15, 0.2) is 36.7 Å². The van der Waals surface area contributed by atoms with E-state index in [-0.39, 0.29) is 18.9 Å². The number of halogens is 2. The summed E-state index contributed by atoms with van der Waals surface area (Å²) in [5.41, 5.74) is 5.05. The van der Waals surface area contributed by atoms with Crippen molar-refractivity contribution in [3.8, 4) is 5.75 Å². The summed E-state index contributed by atoms with van der Waals surface area (Å²) in [5.74, 6) is 0.488. The zero-order valence-electron chi connectivity index (χ0n) is 10.8. The average Bonchev–Trinajstić information content (AvgIpc) is 2.50. The molecule has 21 heavy (non-hydrogen) atoms. The highest BCUT2D eigenvalue weighted by molar-refractivity contribution is 6.42. The summed E-state index contributed by atoms with van der Waals surface area (Å²) < 4.78 is 5.40. The number of hydrogen-bond donors (Lipinski definition) is 2. The maximum Gasteiger partial charge on any atom is 0.241 e. The van der Waals surface area contributed by atoms with Gasteiger partial charge in [-0.25, -0.2) is 9.97 Å². The molecular formula is C13H12Cl2N4O2. The Kier molecular flexibility index (Phi) is 5.59. The topological polar surface area (TPSA) is 76.1 Å². The Morgan fingerprint density at radius 3 is 2.71 bits per heavy atom. The molecule has 2 rings (SSSR count). The Hall–Kier alpha value is -2.05. The number of hydrazine groups is 1. The molecule has 0 aliphatic heterocycles. The van der Waals surface area contributed by atoms with Gasteiger partial charge in [0.05, 0.1) is 18.1 Å². The van der Waals surface area contributed by atoms with Crippen molar-refractivity contribution in [3.05, 3.63) is 46.7 Å². The summed E-state index contributed by atoms with van der Waals surface area (Å²) in [6.45, 7) is 0.170. The quantitative estimate of drug-likeness (QED) is 0.798. The number of carbonyl (C=O) groups is 1. The molecule has 2 N–H and O–H groups in total. The van der Waals surface area contributed by atoms with Crippen LogP contribution in [0.1, 0.15) is 6.42 Å². The van der Waals surface area contributed by atoms with Crippen molar-refractivity contribution in [3.63, 3.8) is 0 Å². The van der Waals surface area contributed by atoms with Gasteiger partial charge in [0, 0.05) is 12.4 Å². The van der Waals surface area contributed by atoms with Crippen LogP contribution in [-0.2, 0) is 4.79 Å². The normalized spacial score (nSPS) is 10.0. The van der Waals surface area contributed by atoms with E-state index in [1.807, 2.05) is 0 Å². The number of aromatic nitrogens is 2. The minimum atomic E-state index is -0.263. The van der Waals surface area contributed by atoms with Gasteiger partial charge in [-0.3, -0.25) is 15.6 Å². The van der Waals surface area contributed by atoms with E-state index in [9.17, 15) is 4.79 Å². The molecule has 1 aromatic carbocycles. The lowest BCUT2D eigenvalue weighted by molar-refractivity contribution is -0.121. The molecule has 0 saturated carbocycles. The third kappa shape index (κ3) is 4.77. The zero-order valence-corrected chi connectivity index (χ0v) is 12.4. The fourth-order valence-corrected chi connectivity index (χ4v) is 1.75. The van der Waals surface area contributed by atoms with Gasteiger partial charge in [-0.1, -0.05) is 29.3 Å². The maximum absolute atomic E-state index is 11.6. The van der Waals surface area contributed by atoms with Crippen molar-refractivity contribution >= 4 is 35.1 Å². The summed E-state index contributed by atoms with van der Waals surface area (Å²) in [5, 5.41) is 0.733. The molecule has 0 spiro atoms. The molecule has 8 heteroatoms. The summed E-state index contributed by atoms with van der Waals surface area (Å²) in [4.78, 5) is 19.4. The second-order valence-corrected chi connectivity index (χ2v) is 4.68. The van der Waals surface area contributed by atoms with Crippen LogP contribution in [-0.4, -0.2) is 22.5 Å². The first-order chi connectivity index (χ1) is 10.2. The predicted molar refractivity (Wildman–Crippen MR) is 80.4 cm³/mol.